The molecule has 2 aromatic carbocycles. The summed E-state index contributed by atoms with van der Waals surface area (Å²) in [6.45, 7) is 0. The zero-order chi connectivity index (χ0) is 30.9. The highest BCUT2D eigenvalue weighted by Crippen LogP contribution is 2.64. The number of nitrogens with two attached hydrogens (primary N) is 1. The molecule has 3 atom stereocenters. The minimum Gasteiger partial charge on any atom is -0.496 e. The van der Waals surface area contributed by atoms with Gasteiger partial charge in [-0.2, -0.15) is 0 Å². The largest absolute Gasteiger partial charge is 0.527 e. The maximum Gasteiger partial charge on any atom is 0.527 e. The molecule has 3 unspecified atom stereocenters. The first-order valence-electron chi connectivity index (χ1n) is 15.1. The third-order valence-electron chi connectivity index (χ3n) is 9.78. The molecule has 9 rings (SSSR count). The van der Waals surface area contributed by atoms with Gasteiger partial charge < -0.3 is 25.3 Å². The van der Waals surface area contributed by atoms with E-state index in [2.05, 4.69) is 15.3 Å². The van der Waals surface area contributed by atoms with Crippen molar-refractivity contribution in [1.82, 2.24) is 9.97 Å². The monoisotopic (exact) mass is 644 g/mol. The lowest BCUT2D eigenvalue weighted by Gasteiger charge is -2.59. The lowest BCUT2D eigenvalue weighted by Crippen LogP contribution is -2.59. The minimum atomic E-state index is -4.56. The van der Waals surface area contributed by atoms with Crippen LogP contribution >= 0.6 is 19.6 Å². The van der Waals surface area contributed by atoms with Crippen molar-refractivity contribution in [3.8, 4) is 5.75 Å². The highest BCUT2D eigenvalue weighted by atomic mass is 32.2. The van der Waals surface area contributed by atoms with Crippen LogP contribution in [0, 0.1) is 17.8 Å². The number of ether oxygens (including phenoxy) is 1. The fourth-order valence-electron chi connectivity index (χ4n) is 8.27. The molecule has 1 amide bonds. The summed E-state index contributed by atoms with van der Waals surface area (Å²) in [5.74, 6) is 1.13. The van der Waals surface area contributed by atoms with E-state index in [4.69, 9.17) is 19.5 Å². The fraction of sp³-hybridized carbons (Fsp3) is 0.333. The van der Waals surface area contributed by atoms with Gasteiger partial charge in [-0.3, -0.25) is 14.2 Å². The second-order valence-corrected chi connectivity index (χ2v) is 15.0. The third kappa shape index (κ3) is 5.02. The SMILES string of the molecule is COc1cccc2c1Sc1ccccc1C=C2OP(=O)(O)OC12CC3CC(C1)C(Nc1c(C(N)=O)cnc4[nH]ccc14)C(C3)C2. The Morgan fingerprint density at radius 2 is 1.93 bits per heavy atom. The summed E-state index contributed by atoms with van der Waals surface area (Å²) < 4.78 is 31.8. The number of aromatic nitrogens is 2. The van der Waals surface area contributed by atoms with E-state index in [9.17, 15) is 14.3 Å². The molecule has 2 aromatic heterocycles. The Hall–Kier alpha value is -3.76. The van der Waals surface area contributed by atoms with Gasteiger partial charge in [0, 0.05) is 34.3 Å². The van der Waals surface area contributed by atoms with Gasteiger partial charge in [0.15, 0.2) is 0 Å². The number of hydrogen-bond donors (Lipinski definition) is 4. The molecule has 4 fully saturated rings. The molecule has 4 aromatic rings. The van der Waals surface area contributed by atoms with E-state index in [0.29, 0.717) is 53.4 Å². The minimum absolute atomic E-state index is 0.0632. The zero-order valence-electron chi connectivity index (χ0n) is 24.6. The van der Waals surface area contributed by atoms with Crippen LogP contribution in [-0.2, 0) is 13.6 Å². The Labute approximate surface area is 264 Å². The van der Waals surface area contributed by atoms with Crippen LogP contribution in [0.1, 0.15) is 53.6 Å². The van der Waals surface area contributed by atoms with Gasteiger partial charge in [0.05, 0.1) is 28.9 Å². The van der Waals surface area contributed by atoms with Crippen LogP contribution < -0.4 is 15.8 Å². The molecule has 232 valence electrons. The number of methoxy groups -OCH3 is 1. The van der Waals surface area contributed by atoms with Crippen molar-refractivity contribution in [2.45, 2.75) is 53.5 Å². The average molecular weight is 645 g/mol. The van der Waals surface area contributed by atoms with E-state index in [1.807, 2.05) is 48.5 Å². The van der Waals surface area contributed by atoms with Crippen LogP contribution in [0.4, 0.5) is 5.69 Å². The summed E-state index contributed by atoms with van der Waals surface area (Å²) in [6.07, 6.45) is 9.00. The molecular weight excluding hydrogens is 611 g/mol. The highest BCUT2D eigenvalue weighted by molar-refractivity contribution is 7.99. The number of rotatable bonds is 8. The van der Waals surface area contributed by atoms with Crippen molar-refractivity contribution in [2.24, 2.45) is 23.5 Å². The summed E-state index contributed by atoms with van der Waals surface area (Å²) in [5.41, 5.74) is 8.22. The Bertz CT molecular complexity index is 1910. The maximum atomic E-state index is 13.9. The van der Waals surface area contributed by atoms with Crippen LogP contribution in [0.2, 0.25) is 0 Å². The fourth-order valence-corrected chi connectivity index (χ4v) is 10.6. The van der Waals surface area contributed by atoms with E-state index in [1.54, 1.807) is 19.4 Å². The molecule has 1 aliphatic heterocycles. The van der Waals surface area contributed by atoms with Gasteiger partial charge in [-0.05, 0) is 85.8 Å². The second-order valence-electron chi connectivity index (χ2n) is 12.6. The standard InChI is InChI=1S/C33H33N4O6PS/c1-41-25-7-4-6-22-26(13-19-5-2-3-8-27(19)45-30(22)25)42-44(39,40)43-33-14-18-11-20(15-33)28(21(12-18)16-33)37-29-23-9-10-35-32(23)36-17-24(29)31(34)38/h2-10,13,17-18,20-21,28H,11-12,14-16H2,1H3,(H2,34,38)(H,39,40)(H2,35,36,37). The second kappa shape index (κ2) is 10.7. The normalized spacial score (nSPS) is 27.6. The average Bonchev–Trinajstić information content (AvgIpc) is 3.42. The number of fused-ring (bicyclic) bond motifs is 3. The van der Waals surface area contributed by atoms with Crippen molar-refractivity contribution in [1.29, 1.82) is 0 Å². The number of H-pyrrole nitrogens is 1. The van der Waals surface area contributed by atoms with Crippen LogP contribution in [0.25, 0.3) is 22.9 Å². The van der Waals surface area contributed by atoms with E-state index in [1.165, 1.54) is 18.0 Å². The Kier molecular flexibility index (Phi) is 6.80. The number of hydrogen-bond acceptors (Lipinski definition) is 8. The predicted octanol–water partition coefficient (Wildman–Crippen LogP) is 6.83. The smallest absolute Gasteiger partial charge is 0.496 e. The quantitative estimate of drug-likeness (QED) is 0.152. The first-order valence-corrected chi connectivity index (χ1v) is 17.4. The number of primary amides is 1. The number of amides is 1. The summed E-state index contributed by atoms with van der Waals surface area (Å²) in [5, 5.41) is 4.50. The number of benzene rings is 2. The molecular formula is C33H33N4O6PS. The van der Waals surface area contributed by atoms with Gasteiger partial charge in [0.25, 0.3) is 5.91 Å². The molecule has 3 heterocycles. The van der Waals surface area contributed by atoms with Gasteiger partial charge >= 0.3 is 7.82 Å². The van der Waals surface area contributed by atoms with Crippen molar-refractivity contribution < 1.29 is 28.0 Å². The molecule has 10 nitrogen and oxygen atoms in total. The number of phosphoric ester groups is 1. The van der Waals surface area contributed by atoms with E-state index in [0.717, 1.165) is 33.6 Å². The number of aromatic amines is 1. The first-order chi connectivity index (χ1) is 21.7. The molecule has 0 spiro atoms. The molecule has 0 radical (unpaired) electrons. The van der Waals surface area contributed by atoms with Crippen molar-refractivity contribution >= 4 is 54.0 Å². The molecule has 5 aliphatic rings. The Morgan fingerprint density at radius 1 is 1.13 bits per heavy atom. The number of carbonyl (C=O) groups is 1. The molecule has 4 saturated carbocycles. The Balaban J connectivity index is 1.07. The van der Waals surface area contributed by atoms with Crippen LogP contribution in [-0.4, -0.2) is 39.5 Å². The van der Waals surface area contributed by atoms with Crippen molar-refractivity contribution in [3.63, 3.8) is 0 Å². The summed E-state index contributed by atoms with van der Waals surface area (Å²) in [4.78, 5) is 32.9. The lowest BCUT2D eigenvalue weighted by atomic mass is 9.52. The van der Waals surface area contributed by atoms with Crippen LogP contribution in [0.5, 0.6) is 5.75 Å². The number of pyridine rings is 1. The molecule has 45 heavy (non-hydrogen) atoms. The number of anilines is 1. The van der Waals surface area contributed by atoms with Gasteiger partial charge in [-0.15, -0.1) is 0 Å². The van der Waals surface area contributed by atoms with E-state index >= 15 is 0 Å². The summed E-state index contributed by atoms with van der Waals surface area (Å²) >= 11 is 1.53. The van der Waals surface area contributed by atoms with E-state index in [-0.39, 0.29) is 23.6 Å². The molecule has 4 bridgehead atoms. The molecule has 5 N–H and O–H groups in total. The third-order valence-corrected chi connectivity index (χ3v) is 12.0. The highest BCUT2D eigenvalue weighted by Gasteiger charge is 2.58. The number of phosphoric acid groups is 1. The van der Waals surface area contributed by atoms with Crippen LogP contribution in [0.15, 0.2) is 70.7 Å². The van der Waals surface area contributed by atoms with Crippen LogP contribution in [0.3, 0.4) is 0 Å². The summed E-state index contributed by atoms with van der Waals surface area (Å²) in [6, 6.07) is 15.4. The first kappa shape index (κ1) is 28.7. The lowest BCUT2D eigenvalue weighted by molar-refractivity contribution is -0.122. The predicted molar refractivity (Wildman–Crippen MR) is 172 cm³/mol. The van der Waals surface area contributed by atoms with Gasteiger partial charge in [0.1, 0.15) is 17.2 Å². The number of carbonyl (C=O) groups excluding carboxylic acids is 1. The molecule has 4 aliphatic carbocycles. The Morgan fingerprint density at radius 3 is 2.71 bits per heavy atom. The maximum absolute atomic E-state index is 13.9. The molecule has 12 heteroatoms. The van der Waals surface area contributed by atoms with Gasteiger partial charge in [0.2, 0.25) is 0 Å². The number of nitrogens with zero attached hydrogens (tertiary/aromatic N) is 1. The van der Waals surface area contributed by atoms with Gasteiger partial charge in [-0.25, -0.2) is 9.55 Å². The van der Waals surface area contributed by atoms with Crippen molar-refractivity contribution in [2.75, 3.05) is 12.4 Å². The topological polar surface area (TPSA) is 149 Å². The number of nitrogens with one attached hydrogen (secondary N) is 2. The summed E-state index contributed by atoms with van der Waals surface area (Å²) in [7, 11) is -2.96. The van der Waals surface area contributed by atoms with Gasteiger partial charge in [-0.1, -0.05) is 36.0 Å². The van der Waals surface area contributed by atoms with E-state index < -0.39 is 19.3 Å². The zero-order valence-corrected chi connectivity index (χ0v) is 26.3. The molecule has 0 saturated heterocycles. The van der Waals surface area contributed by atoms with Crippen molar-refractivity contribution in [3.05, 3.63) is 77.6 Å².